The first kappa shape index (κ1) is 28.2. The van der Waals surface area contributed by atoms with E-state index in [4.69, 9.17) is 19.2 Å². The van der Waals surface area contributed by atoms with Gasteiger partial charge in [0.05, 0.1) is 47.8 Å². The lowest BCUT2D eigenvalue weighted by Crippen LogP contribution is -2.29. The zero-order valence-electron chi connectivity index (χ0n) is 24.2. The highest BCUT2D eigenvalue weighted by Gasteiger charge is 2.49. The van der Waals surface area contributed by atoms with Gasteiger partial charge in [0, 0.05) is 6.20 Å². The Balaban J connectivity index is 1.58. The average molecular weight is 599 g/mol. The summed E-state index contributed by atoms with van der Waals surface area (Å²) in [6.45, 7) is 6.51. The third-order valence-electron chi connectivity index (χ3n) is 7.21. The van der Waals surface area contributed by atoms with E-state index in [9.17, 15) is 14.7 Å². The lowest BCUT2D eigenvalue weighted by molar-refractivity contribution is -0.132. The minimum absolute atomic E-state index is 0.0692. The lowest BCUT2D eigenvalue weighted by Gasteiger charge is -2.24. The number of hydrogen-bond acceptors (Lipinski definition) is 9. The van der Waals surface area contributed by atoms with Crippen LogP contribution >= 0.6 is 11.3 Å². The Morgan fingerprint density at radius 2 is 1.86 bits per heavy atom. The molecule has 0 radical (unpaired) electrons. The van der Waals surface area contributed by atoms with E-state index in [-0.39, 0.29) is 11.3 Å². The normalized spacial score (nSPS) is 16.4. The standard InChI is InChI=1S/C32H30N4O6S/c1-5-15-42-22-13-10-19(16-23(22)41-6-2)28-26(29(37)27-18(3)33-25-9-7-8-14-35(25)27)30(38)31(39)36(28)32-34-21-12-11-20(40-4)17-24(21)43-32/h7-14,16-17,28,37H,5-6,15H2,1-4H3. The van der Waals surface area contributed by atoms with E-state index in [1.165, 1.54) is 16.2 Å². The van der Waals surface area contributed by atoms with Gasteiger partial charge in [0.1, 0.15) is 17.1 Å². The van der Waals surface area contributed by atoms with Gasteiger partial charge in [0.2, 0.25) is 0 Å². The summed E-state index contributed by atoms with van der Waals surface area (Å²) in [4.78, 5) is 38.3. The smallest absolute Gasteiger partial charge is 0.301 e. The van der Waals surface area contributed by atoms with Gasteiger partial charge in [-0.25, -0.2) is 9.97 Å². The zero-order chi connectivity index (χ0) is 30.2. The molecule has 43 heavy (non-hydrogen) atoms. The Bertz CT molecular complexity index is 1910. The van der Waals surface area contributed by atoms with Gasteiger partial charge in [-0.15, -0.1) is 0 Å². The number of amides is 1. The lowest BCUT2D eigenvalue weighted by atomic mass is 9.96. The number of carbonyl (C=O) groups is 2. The van der Waals surface area contributed by atoms with Crippen molar-refractivity contribution in [2.75, 3.05) is 25.2 Å². The van der Waals surface area contributed by atoms with Crippen molar-refractivity contribution in [3.05, 3.63) is 83.3 Å². The number of nitrogens with zero attached hydrogens (tertiary/aromatic N) is 4. The fraction of sp³-hybridized carbons (Fsp3) is 0.250. The summed E-state index contributed by atoms with van der Waals surface area (Å²) < 4.78 is 19.7. The minimum Gasteiger partial charge on any atom is -0.505 e. The molecule has 3 aromatic heterocycles. The molecule has 1 unspecified atom stereocenters. The van der Waals surface area contributed by atoms with Gasteiger partial charge < -0.3 is 19.3 Å². The second kappa shape index (κ2) is 11.4. The summed E-state index contributed by atoms with van der Waals surface area (Å²) in [5.74, 6) is -0.280. The van der Waals surface area contributed by atoms with Gasteiger partial charge in [0.15, 0.2) is 22.4 Å². The van der Waals surface area contributed by atoms with Crippen molar-refractivity contribution in [3.63, 3.8) is 0 Å². The van der Waals surface area contributed by atoms with Gasteiger partial charge in [-0.3, -0.25) is 18.9 Å². The van der Waals surface area contributed by atoms with Gasteiger partial charge in [-0.2, -0.15) is 0 Å². The molecule has 6 rings (SSSR count). The number of fused-ring (bicyclic) bond motifs is 2. The third kappa shape index (κ3) is 4.85. The number of imidazole rings is 1. The topological polar surface area (TPSA) is 115 Å². The maximum absolute atomic E-state index is 13.9. The third-order valence-corrected chi connectivity index (χ3v) is 8.23. The molecule has 1 amide bonds. The molecule has 0 bridgehead atoms. The molecule has 1 saturated heterocycles. The number of Topliss-reactive ketones (excluding diaryl/α,β-unsaturated/α-hetero) is 1. The Hall–Kier alpha value is -4.90. The Morgan fingerprint density at radius 1 is 1.02 bits per heavy atom. The number of anilines is 1. The number of rotatable bonds is 9. The number of aromatic nitrogens is 3. The number of ketones is 1. The number of thiazole rings is 1. The number of carbonyl (C=O) groups excluding carboxylic acids is 2. The number of aryl methyl sites for hydroxylation is 1. The van der Waals surface area contributed by atoms with Crippen LogP contribution in [0.3, 0.4) is 0 Å². The molecule has 0 aliphatic carbocycles. The number of methoxy groups -OCH3 is 1. The Kier molecular flexibility index (Phi) is 7.49. The fourth-order valence-electron chi connectivity index (χ4n) is 5.29. The number of aliphatic hydroxyl groups is 1. The van der Waals surface area contributed by atoms with E-state index in [1.807, 2.05) is 26.0 Å². The maximum Gasteiger partial charge on any atom is 0.301 e. The first-order valence-corrected chi connectivity index (χ1v) is 14.8. The average Bonchev–Trinajstić information content (AvgIpc) is 3.66. The fourth-order valence-corrected chi connectivity index (χ4v) is 6.31. The minimum atomic E-state index is -1.00. The highest BCUT2D eigenvalue weighted by molar-refractivity contribution is 7.22. The van der Waals surface area contributed by atoms with Crippen LogP contribution in [0.2, 0.25) is 0 Å². The van der Waals surface area contributed by atoms with Crippen molar-refractivity contribution in [2.45, 2.75) is 33.2 Å². The molecule has 1 aliphatic heterocycles. The van der Waals surface area contributed by atoms with Crippen molar-refractivity contribution in [3.8, 4) is 17.2 Å². The summed E-state index contributed by atoms with van der Waals surface area (Å²) in [5.41, 5.74) is 2.58. The van der Waals surface area contributed by atoms with Crippen LogP contribution in [0.1, 0.15) is 43.3 Å². The van der Waals surface area contributed by atoms with Gasteiger partial charge >= 0.3 is 5.91 Å². The van der Waals surface area contributed by atoms with Crippen LogP contribution in [0, 0.1) is 6.92 Å². The first-order valence-electron chi connectivity index (χ1n) is 13.9. The van der Waals surface area contributed by atoms with Crippen LogP contribution < -0.4 is 19.1 Å². The molecular weight excluding hydrogens is 568 g/mol. The van der Waals surface area contributed by atoms with Crippen molar-refractivity contribution >= 4 is 49.8 Å². The number of pyridine rings is 1. The van der Waals surface area contributed by atoms with Crippen LogP contribution in [0.4, 0.5) is 5.13 Å². The molecule has 220 valence electrons. The Labute approximate surface area is 251 Å². The second-order valence-electron chi connectivity index (χ2n) is 9.96. The van der Waals surface area contributed by atoms with Gasteiger partial charge in [0.25, 0.3) is 5.78 Å². The number of aliphatic hydroxyl groups excluding tert-OH is 1. The molecule has 4 heterocycles. The maximum atomic E-state index is 13.9. The van der Waals surface area contributed by atoms with E-state index in [0.29, 0.717) is 63.7 Å². The van der Waals surface area contributed by atoms with E-state index in [2.05, 4.69) is 4.98 Å². The van der Waals surface area contributed by atoms with Crippen LogP contribution in [-0.2, 0) is 9.59 Å². The van der Waals surface area contributed by atoms with Crippen LogP contribution in [0.5, 0.6) is 17.2 Å². The molecule has 1 atom stereocenters. The van der Waals surface area contributed by atoms with E-state index in [1.54, 1.807) is 67.1 Å². The summed E-state index contributed by atoms with van der Waals surface area (Å²) in [6, 6.07) is 15.2. The summed E-state index contributed by atoms with van der Waals surface area (Å²) in [5, 5.41) is 12.2. The SMILES string of the molecule is CCCOc1ccc(C2C(=C(O)c3c(C)nc4ccccn34)C(=O)C(=O)N2c2nc3ccc(OC)cc3s2)cc1OCC. The largest absolute Gasteiger partial charge is 0.505 e. The predicted octanol–water partition coefficient (Wildman–Crippen LogP) is 6.07. The van der Waals surface area contributed by atoms with Gasteiger partial charge in [-0.05, 0) is 68.3 Å². The van der Waals surface area contributed by atoms with Crippen molar-refractivity contribution in [2.24, 2.45) is 0 Å². The van der Waals surface area contributed by atoms with E-state index < -0.39 is 17.7 Å². The molecule has 1 fully saturated rings. The molecule has 0 spiro atoms. The van der Waals surface area contributed by atoms with Crippen LogP contribution in [0.25, 0.3) is 21.6 Å². The molecule has 0 saturated carbocycles. The van der Waals surface area contributed by atoms with Crippen molar-refractivity contribution in [1.29, 1.82) is 0 Å². The van der Waals surface area contributed by atoms with Crippen LogP contribution in [-0.4, -0.2) is 51.5 Å². The van der Waals surface area contributed by atoms with Crippen LogP contribution in [0.15, 0.2) is 66.4 Å². The highest BCUT2D eigenvalue weighted by atomic mass is 32.1. The molecule has 5 aromatic rings. The van der Waals surface area contributed by atoms with Crippen molar-refractivity contribution < 1.29 is 28.9 Å². The summed E-state index contributed by atoms with van der Waals surface area (Å²) in [7, 11) is 1.58. The molecule has 1 N–H and O–H groups in total. The quantitative estimate of drug-likeness (QED) is 0.123. The second-order valence-corrected chi connectivity index (χ2v) is 11.0. The summed E-state index contributed by atoms with van der Waals surface area (Å²) in [6.07, 6.45) is 2.57. The molecule has 1 aliphatic rings. The van der Waals surface area contributed by atoms with E-state index >= 15 is 0 Å². The monoisotopic (exact) mass is 598 g/mol. The molecule has 11 heteroatoms. The molecule has 2 aromatic carbocycles. The Morgan fingerprint density at radius 3 is 2.63 bits per heavy atom. The zero-order valence-corrected chi connectivity index (χ0v) is 25.0. The highest BCUT2D eigenvalue weighted by Crippen LogP contribution is 2.46. The van der Waals surface area contributed by atoms with Gasteiger partial charge in [-0.1, -0.05) is 30.4 Å². The number of benzene rings is 2. The molecule has 10 nitrogen and oxygen atoms in total. The van der Waals surface area contributed by atoms with E-state index in [0.717, 1.165) is 11.1 Å². The first-order chi connectivity index (χ1) is 20.9. The summed E-state index contributed by atoms with van der Waals surface area (Å²) >= 11 is 1.26. The molecular formula is C32H30N4O6S. The number of hydrogen-bond donors (Lipinski definition) is 1. The number of ether oxygens (including phenoxy) is 3. The predicted molar refractivity (Wildman–Crippen MR) is 164 cm³/mol. The van der Waals surface area contributed by atoms with Crippen molar-refractivity contribution in [1.82, 2.24) is 14.4 Å².